The van der Waals surface area contributed by atoms with Gasteiger partial charge in [-0.25, -0.2) is 4.39 Å². The summed E-state index contributed by atoms with van der Waals surface area (Å²) in [5, 5.41) is 5.36. The number of aliphatic imine (C=N–C) groups is 1. The smallest absolute Gasteiger partial charge is 0.369 e. The Morgan fingerprint density at radius 3 is 2.40 bits per heavy atom. The Balaban J connectivity index is 2.67. The zero-order chi connectivity index (χ0) is 18.9. The number of benzene rings is 1. The Hall–Kier alpha value is -2.32. The van der Waals surface area contributed by atoms with Gasteiger partial charge in [0.25, 0.3) is 0 Å². The number of amides is 1. The molecule has 140 valence electrons. The average Bonchev–Trinajstić information content (AvgIpc) is 2.51. The molecule has 0 heterocycles. The molecule has 0 spiro atoms. The van der Waals surface area contributed by atoms with E-state index in [0.717, 1.165) is 5.56 Å². The predicted molar refractivity (Wildman–Crippen MR) is 87.4 cm³/mol. The van der Waals surface area contributed by atoms with Gasteiger partial charge in [0.2, 0.25) is 5.91 Å². The Morgan fingerprint density at radius 1 is 1.24 bits per heavy atom. The predicted octanol–water partition coefficient (Wildman–Crippen LogP) is 1.98. The molecule has 1 aromatic rings. The zero-order valence-electron chi connectivity index (χ0n) is 13.9. The van der Waals surface area contributed by atoms with Crippen molar-refractivity contribution >= 4 is 11.9 Å². The van der Waals surface area contributed by atoms with Gasteiger partial charge >= 0.3 is 6.18 Å². The van der Waals surface area contributed by atoms with Crippen LogP contribution in [0.4, 0.5) is 17.6 Å². The number of carbonyl (C=O) groups excluding carboxylic acids is 1. The highest BCUT2D eigenvalue weighted by atomic mass is 19.4. The minimum Gasteiger partial charge on any atom is -0.369 e. The van der Waals surface area contributed by atoms with Gasteiger partial charge in [-0.1, -0.05) is 12.1 Å². The number of primary amides is 1. The molecule has 0 radical (unpaired) electrons. The second kappa shape index (κ2) is 9.85. The minimum absolute atomic E-state index is 0.00800. The van der Waals surface area contributed by atoms with Crippen LogP contribution in [0.1, 0.15) is 18.9 Å². The average molecular weight is 362 g/mol. The summed E-state index contributed by atoms with van der Waals surface area (Å²) in [4.78, 5) is 15.7. The first-order chi connectivity index (χ1) is 11.7. The number of halogens is 4. The van der Waals surface area contributed by atoms with Gasteiger partial charge in [0, 0.05) is 13.1 Å². The van der Waals surface area contributed by atoms with Crippen LogP contribution in [0.3, 0.4) is 0 Å². The molecule has 0 fully saturated rings. The van der Waals surface area contributed by atoms with E-state index in [1.165, 1.54) is 12.1 Å². The lowest BCUT2D eigenvalue weighted by Crippen LogP contribution is -2.40. The van der Waals surface area contributed by atoms with Gasteiger partial charge < -0.3 is 16.4 Å². The van der Waals surface area contributed by atoms with Gasteiger partial charge in [-0.15, -0.1) is 0 Å². The van der Waals surface area contributed by atoms with E-state index in [1.807, 2.05) is 0 Å². The monoisotopic (exact) mass is 362 g/mol. The lowest BCUT2D eigenvalue weighted by Gasteiger charge is -2.15. The van der Waals surface area contributed by atoms with Crippen LogP contribution >= 0.6 is 0 Å². The fourth-order valence-corrected chi connectivity index (χ4v) is 2.03. The molecule has 0 saturated carbocycles. The van der Waals surface area contributed by atoms with Crippen molar-refractivity contribution in [3.63, 3.8) is 0 Å². The van der Waals surface area contributed by atoms with Gasteiger partial charge in [-0.3, -0.25) is 9.79 Å². The van der Waals surface area contributed by atoms with Crippen LogP contribution in [0.15, 0.2) is 29.3 Å². The molecule has 1 atom stereocenters. The molecule has 4 N–H and O–H groups in total. The largest absolute Gasteiger partial charge is 0.390 e. The van der Waals surface area contributed by atoms with Crippen LogP contribution in [-0.4, -0.2) is 37.7 Å². The molecular weight excluding hydrogens is 340 g/mol. The van der Waals surface area contributed by atoms with Gasteiger partial charge in [-0.2, -0.15) is 13.2 Å². The highest BCUT2D eigenvalue weighted by Gasteiger charge is 2.26. The number of nitrogens with zero attached hydrogens (tertiary/aromatic N) is 1. The van der Waals surface area contributed by atoms with Crippen LogP contribution < -0.4 is 16.4 Å². The molecule has 1 amide bonds. The van der Waals surface area contributed by atoms with E-state index in [-0.39, 0.29) is 31.3 Å². The van der Waals surface area contributed by atoms with Crippen molar-refractivity contribution in [3.8, 4) is 0 Å². The van der Waals surface area contributed by atoms with Crippen molar-refractivity contribution in [1.82, 2.24) is 10.6 Å². The summed E-state index contributed by atoms with van der Waals surface area (Å²) in [5.74, 6) is -1.44. The van der Waals surface area contributed by atoms with E-state index in [4.69, 9.17) is 5.73 Å². The number of hydrogen-bond acceptors (Lipinski definition) is 2. The molecule has 0 saturated heterocycles. The first-order valence-corrected chi connectivity index (χ1v) is 7.84. The van der Waals surface area contributed by atoms with Crippen molar-refractivity contribution in [2.24, 2.45) is 16.6 Å². The number of carbonyl (C=O) groups is 1. The Morgan fingerprint density at radius 2 is 1.88 bits per heavy atom. The SMILES string of the molecule is CCNC(=NCC(Cc1ccc(F)cc1)C(N)=O)NCCC(F)(F)F. The van der Waals surface area contributed by atoms with E-state index in [9.17, 15) is 22.4 Å². The highest BCUT2D eigenvalue weighted by Crippen LogP contribution is 2.18. The minimum atomic E-state index is -4.26. The van der Waals surface area contributed by atoms with Gasteiger partial charge in [0.1, 0.15) is 5.82 Å². The van der Waals surface area contributed by atoms with E-state index in [1.54, 1.807) is 19.1 Å². The molecule has 0 aliphatic heterocycles. The topological polar surface area (TPSA) is 79.5 Å². The van der Waals surface area contributed by atoms with Crippen LogP contribution in [-0.2, 0) is 11.2 Å². The van der Waals surface area contributed by atoms with Gasteiger partial charge in [0.15, 0.2) is 5.96 Å². The van der Waals surface area contributed by atoms with Crippen molar-refractivity contribution in [2.75, 3.05) is 19.6 Å². The zero-order valence-corrected chi connectivity index (χ0v) is 13.9. The second-order valence-electron chi connectivity index (χ2n) is 5.44. The fraction of sp³-hybridized carbons (Fsp3) is 0.500. The quantitative estimate of drug-likeness (QED) is 0.376. The molecule has 1 unspecified atom stereocenters. The lowest BCUT2D eigenvalue weighted by molar-refractivity contribution is -0.132. The summed E-state index contributed by atoms with van der Waals surface area (Å²) in [7, 11) is 0. The number of nitrogens with two attached hydrogens (primary N) is 1. The summed E-state index contributed by atoms with van der Waals surface area (Å²) < 4.78 is 49.5. The summed E-state index contributed by atoms with van der Waals surface area (Å²) in [6.45, 7) is 1.91. The normalized spacial score (nSPS) is 13.4. The van der Waals surface area contributed by atoms with E-state index < -0.39 is 24.4 Å². The van der Waals surface area contributed by atoms with Crippen molar-refractivity contribution in [1.29, 1.82) is 0 Å². The van der Waals surface area contributed by atoms with E-state index in [0.29, 0.717) is 6.54 Å². The number of nitrogens with one attached hydrogen (secondary N) is 2. The number of alkyl halides is 3. The highest BCUT2D eigenvalue weighted by molar-refractivity contribution is 5.81. The third-order valence-electron chi connectivity index (χ3n) is 3.31. The first kappa shape index (κ1) is 20.7. The lowest BCUT2D eigenvalue weighted by atomic mass is 9.99. The maximum absolute atomic E-state index is 12.9. The third-order valence-corrected chi connectivity index (χ3v) is 3.31. The third kappa shape index (κ3) is 8.92. The molecule has 25 heavy (non-hydrogen) atoms. The Bertz CT molecular complexity index is 572. The summed E-state index contributed by atoms with van der Waals surface area (Å²) in [5.41, 5.74) is 6.08. The molecular formula is C16H22F4N4O. The van der Waals surface area contributed by atoms with Crippen LogP contribution in [0.2, 0.25) is 0 Å². The maximum Gasteiger partial charge on any atom is 0.390 e. The van der Waals surface area contributed by atoms with Crippen molar-refractivity contribution in [3.05, 3.63) is 35.6 Å². The summed E-state index contributed by atoms with van der Waals surface area (Å²) >= 11 is 0. The van der Waals surface area contributed by atoms with Crippen LogP contribution in [0.5, 0.6) is 0 Å². The van der Waals surface area contributed by atoms with Crippen molar-refractivity contribution < 1.29 is 22.4 Å². The molecule has 9 heteroatoms. The Labute approximate surface area is 143 Å². The molecule has 0 bridgehead atoms. The first-order valence-electron chi connectivity index (χ1n) is 7.84. The summed E-state index contributed by atoms with van der Waals surface area (Å²) in [6.07, 6.45) is -4.99. The molecule has 0 aliphatic carbocycles. The molecule has 1 rings (SSSR count). The second-order valence-corrected chi connectivity index (χ2v) is 5.44. The molecule has 1 aromatic carbocycles. The van der Waals surface area contributed by atoms with Gasteiger partial charge in [0.05, 0.1) is 18.9 Å². The van der Waals surface area contributed by atoms with Crippen LogP contribution in [0.25, 0.3) is 0 Å². The standard InChI is InChI=1S/C16H22F4N4O/c1-2-22-15(23-8-7-16(18,19)20)24-10-12(14(21)25)9-11-3-5-13(17)6-4-11/h3-6,12H,2,7-10H2,1H3,(H2,21,25)(H2,22,23,24). The number of hydrogen-bond donors (Lipinski definition) is 3. The maximum atomic E-state index is 12.9. The van der Waals surface area contributed by atoms with Gasteiger partial charge in [-0.05, 0) is 31.0 Å². The molecule has 0 aliphatic rings. The molecule has 0 aromatic heterocycles. The number of guanidine groups is 1. The van der Waals surface area contributed by atoms with E-state index >= 15 is 0 Å². The van der Waals surface area contributed by atoms with Crippen molar-refractivity contribution in [2.45, 2.75) is 25.9 Å². The fourth-order valence-electron chi connectivity index (χ4n) is 2.03. The molecule has 5 nitrogen and oxygen atoms in total. The number of rotatable bonds is 8. The summed E-state index contributed by atoms with van der Waals surface area (Å²) in [6, 6.07) is 5.64. The van der Waals surface area contributed by atoms with E-state index in [2.05, 4.69) is 15.6 Å². The Kier molecular flexibility index (Phi) is 8.17. The van der Waals surface area contributed by atoms with Crippen LogP contribution in [0, 0.1) is 11.7 Å².